The Morgan fingerprint density at radius 3 is 2.76 bits per heavy atom. The molecule has 0 bridgehead atoms. The minimum atomic E-state index is -1.01. The monoisotopic (exact) mass is 320 g/mol. The summed E-state index contributed by atoms with van der Waals surface area (Å²) >= 11 is 7.59. The quantitative estimate of drug-likeness (QED) is 0.785. The minimum Gasteiger partial charge on any atom is -0.478 e. The van der Waals surface area contributed by atoms with Gasteiger partial charge in [-0.2, -0.15) is 0 Å². The normalized spacial score (nSPS) is 10.8. The zero-order chi connectivity index (χ0) is 15.0. The highest BCUT2D eigenvalue weighted by Gasteiger charge is 2.17. The Labute approximate surface area is 128 Å². The largest absolute Gasteiger partial charge is 0.478 e. The van der Waals surface area contributed by atoms with Crippen molar-refractivity contribution in [3.05, 3.63) is 45.8 Å². The van der Waals surface area contributed by atoms with Crippen molar-refractivity contribution >= 4 is 28.9 Å². The summed E-state index contributed by atoms with van der Waals surface area (Å²) < 4.78 is 5.60. The van der Waals surface area contributed by atoms with Gasteiger partial charge in [0.05, 0.1) is 10.6 Å². The first kappa shape index (κ1) is 13.8. The van der Waals surface area contributed by atoms with E-state index in [1.165, 1.54) is 23.5 Å². The molecular formula is C14H9ClN2O3S. The van der Waals surface area contributed by atoms with Crippen LogP contribution in [0.3, 0.4) is 0 Å². The van der Waals surface area contributed by atoms with Gasteiger partial charge in [0.1, 0.15) is 4.88 Å². The maximum Gasteiger partial charge on any atom is 0.335 e. The number of thiophene rings is 1. The lowest BCUT2D eigenvalue weighted by Crippen LogP contribution is -1.95. The van der Waals surface area contributed by atoms with E-state index in [9.17, 15) is 4.79 Å². The van der Waals surface area contributed by atoms with Crippen molar-refractivity contribution in [2.24, 2.45) is 0 Å². The van der Waals surface area contributed by atoms with E-state index in [-0.39, 0.29) is 11.5 Å². The van der Waals surface area contributed by atoms with Gasteiger partial charge in [0.25, 0.3) is 5.89 Å². The number of aromatic nitrogens is 2. The number of halogens is 1. The smallest absolute Gasteiger partial charge is 0.335 e. The van der Waals surface area contributed by atoms with Crippen molar-refractivity contribution in [2.75, 3.05) is 0 Å². The molecule has 0 spiro atoms. The van der Waals surface area contributed by atoms with Crippen molar-refractivity contribution in [3.8, 4) is 22.2 Å². The summed E-state index contributed by atoms with van der Waals surface area (Å²) in [6, 6.07) is 6.33. The molecule has 0 radical (unpaired) electrons. The Morgan fingerprint density at radius 1 is 1.33 bits per heavy atom. The molecule has 21 heavy (non-hydrogen) atoms. The zero-order valence-corrected chi connectivity index (χ0v) is 12.4. The molecule has 1 N–H and O–H groups in total. The molecule has 2 heterocycles. The maximum atomic E-state index is 11.0. The Balaban J connectivity index is 2.00. The molecule has 0 saturated heterocycles. The van der Waals surface area contributed by atoms with Crippen LogP contribution in [0.4, 0.5) is 0 Å². The van der Waals surface area contributed by atoms with Crippen LogP contribution in [0.1, 0.15) is 15.9 Å². The van der Waals surface area contributed by atoms with E-state index in [4.69, 9.17) is 21.1 Å². The van der Waals surface area contributed by atoms with Gasteiger partial charge in [0.15, 0.2) is 0 Å². The van der Waals surface area contributed by atoms with Crippen LogP contribution < -0.4 is 0 Å². The molecular weight excluding hydrogens is 312 g/mol. The van der Waals surface area contributed by atoms with Crippen molar-refractivity contribution in [1.29, 1.82) is 0 Å². The molecule has 3 rings (SSSR count). The number of aryl methyl sites for hydroxylation is 1. The predicted octanol–water partition coefficient (Wildman–Crippen LogP) is 4.13. The molecule has 5 nitrogen and oxygen atoms in total. The topological polar surface area (TPSA) is 76.2 Å². The standard InChI is InChI=1S/C14H9ClN2O3S/c1-7-6-21-11(10(7)15)13-17-16-12(20-13)8-3-2-4-9(5-8)14(18)19/h2-6H,1H3,(H,18,19). The second kappa shape index (κ2) is 5.31. The number of benzene rings is 1. The van der Waals surface area contributed by atoms with E-state index in [1.807, 2.05) is 12.3 Å². The van der Waals surface area contributed by atoms with Gasteiger partial charge in [0, 0.05) is 5.56 Å². The van der Waals surface area contributed by atoms with Gasteiger partial charge >= 0.3 is 5.97 Å². The Hall–Kier alpha value is -2.18. The second-order valence-corrected chi connectivity index (χ2v) is 5.62. The van der Waals surface area contributed by atoms with Gasteiger partial charge in [-0.3, -0.25) is 0 Å². The van der Waals surface area contributed by atoms with Crippen LogP contribution in [0.15, 0.2) is 34.1 Å². The number of carboxylic acids is 1. The van der Waals surface area contributed by atoms with Gasteiger partial charge < -0.3 is 9.52 Å². The Morgan fingerprint density at radius 2 is 2.10 bits per heavy atom. The van der Waals surface area contributed by atoms with Crippen molar-refractivity contribution in [2.45, 2.75) is 6.92 Å². The molecule has 0 aliphatic heterocycles. The average Bonchev–Trinajstić information content (AvgIpc) is 3.07. The molecule has 0 amide bonds. The summed E-state index contributed by atoms with van der Waals surface area (Å²) in [5, 5.41) is 19.4. The van der Waals surface area contributed by atoms with Crippen LogP contribution >= 0.6 is 22.9 Å². The molecule has 0 saturated carbocycles. The highest BCUT2D eigenvalue weighted by molar-refractivity contribution is 7.14. The van der Waals surface area contributed by atoms with Crippen LogP contribution in [-0.2, 0) is 0 Å². The molecule has 0 fully saturated rings. The summed E-state index contributed by atoms with van der Waals surface area (Å²) in [5.74, 6) is -0.419. The van der Waals surface area contributed by atoms with Crippen molar-refractivity contribution < 1.29 is 14.3 Å². The number of nitrogens with zero attached hydrogens (tertiary/aromatic N) is 2. The molecule has 0 aliphatic carbocycles. The summed E-state index contributed by atoms with van der Waals surface area (Å²) in [6.07, 6.45) is 0. The average molecular weight is 321 g/mol. The molecule has 0 aliphatic rings. The number of hydrogen-bond donors (Lipinski definition) is 1. The van der Waals surface area contributed by atoms with Crippen LogP contribution in [-0.4, -0.2) is 21.3 Å². The number of hydrogen-bond acceptors (Lipinski definition) is 5. The number of aromatic carboxylic acids is 1. The molecule has 0 atom stereocenters. The lowest BCUT2D eigenvalue weighted by atomic mass is 10.1. The first-order chi connectivity index (χ1) is 10.1. The number of rotatable bonds is 3. The van der Waals surface area contributed by atoms with Crippen molar-refractivity contribution in [1.82, 2.24) is 10.2 Å². The summed E-state index contributed by atoms with van der Waals surface area (Å²) in [6.45, 7) is 1.90. The van der Waals surface area contributed by atoms with E-state index in [0.717, 1.165) is 5.56 Å². The predicted molar refractivity (Wildman–Crippen MR) is 79.8 cm³/mol. The van der Waals surface area contributed by atoms with Gasteiger partial charge in [-0.1, -0.05) is 17.7 Å². The Kier molecular flexibility index (Phi) is 3.48. The zero-order valence-electron chi connectivity index (χ0n) is 10.8. The third-order valence-corrected chi connectivity index (χ3v) is 4.56. The lowest BCUT2D eigenvalue weighted by Gasteiger charge is -1.97. The third-order valence-electron chi connectivity index (χ3n) is 2.87. The summed E-state index contributed by atoms with van der Waals surface area (Å²) in [4.78, 5) is 11.7. The first-order valence-corrected chi connectivity index (χ1v) is 7.23. The van der Waals surface area contributed by atoms with Crippen LogP contribution in [0.25, 0.3) is 22.2 Å². The van der Waals surface area contributed by atoms with E-state index >= 15 is 0 Å². The van der Waals surface area contributed by atoms with E-state index in [1.54, 1.807) is 12.1 Å². The van der Waals surface area contributed by atoms with Gasteiger partial charge in [-0.05, 0) is 36.1 Å². The second-order valence-electron chi connectivity index (χ2n) is 4.36. The number of carboxylic acid groups (broad SMARTS) is 1. The highest BCUT2D eigenvalue weighted by atomic mass is 35.5. The van der Waals surface area contributed by atoms with Gasteiger partial charge in [0.2, 0.25) is 5.89 Å². The highest BCUT2D eigenvalue weighted by Crippen LogP contribution is 2.36. The molecule has 3 aromatic rings. The van der Waals surface area contributed by atoms with Gasteiger partial charge in [-0.15, -0.1) is 21.5 Å². The lowest BCUT2D eigenvalue weighted by molar-refractivity contribution is 0.0697. The fourth-order valence-electron chi connectivity index (χ4n) is 1.79. The molecule has 2 aromatic heterocycles. The van der Waals surface area contributed by atoms with E-state index in [2.05, 4.69) is 10.2 Å². The molecule has 106 valence electrons. The van der Waals surface area contributed by atoms with Crippen LogP contribution in [0, 0.1) is 6.92 Å². The summed E-state index contributed by atoms with van der Waals surface area (Å²) in [5.41, 5.74) is 1.67. The maximum absolute atomic E-state index is 11.0. The molecule has 0 unspecified atom stereocenters. The number of carbonyl (C=O) groups is 1. The molecule has 7 heteroatoms. The van der Waals surface area contributed by atoms with Crippen LogP contribution in [0.2, 0.25) is 5.02 Å². The summed E-state index contributed by atoms with van der Waals surface area (Å²) in [7, 11) is 0. The minimum absolute atomic E-state index is 0.164. The SMILES string of the molecule is Cc1csc(-c2nnc(-c3cccc(C(=O)O)c3)o2)c1Cl. The first-order valence-electron chi connectivity index (χ1n) is 5.97. The van der Waals surface area contributed by atoms with Crippen LogP contribution in [0.5, 0.6) is 0 Å². The fraction of sp³-hybridized carbons (Fsp3) is 0.0714. The van der Waals surface area contributed by atoms with E-state index in [0.29, 0.717) is 21.4 Å². The molecule has 1 aromatic carbocycles. The van der Waals surface area contributed by atoms with Gasteiger partial charge in [-0.25, -0.2) is 4.79 Å². The third kappa shape index (κ3) is 2.55. The fourth-order valence-corrected chi connectivity index (χ4v) is 2.99. The Bertz CT molecular complexity index is 825. The van der Waals surface area contributed by atoms with E-state index < -0.39 is 5.97 Å². The van der Waals surface area contributed by atoms with Crippen molar-refractivity contribution in [3.63, 3.8) is 0 Å².